The monoisotopic (exact) mass is 376 g/mol. The second kappa shape index (κ2) is 6.77. The number of para-hydroxylation sites is 3. The molecule has 0 radical (unpaired) electrons. The molecule has 2 aromatic heterocycles. The Morgan fingerprint density at radius 1 is 1.04 bits per heavy atom. The molecule has 0 aliphatic carbocycles. The van der Waals surface area contributed by atoms with E-state index in [1.54, 1.807) is 18.2 Å². The highest BCUT2D eigenvalue weighted by atomic mass is 16.6. The van der Waals surface area contributed by atoms with E-state index in [0.29, 0.717) is 28.7 Å². The molecule has 0 saturated heterocycles. The predicted molar refractivity (Wildman–Crippen MR) is 99.9 cm³/mol. The summed E-state index contributed by atoms with van der Waals surface area (Å²) in [6, 6.07) is 18.6. The molecule has 1 amide bonds. The van der Waals surface area contributed by atoms with E-state index in [1.165, 1.54) is 0 Å². The maximum atomic E-state index is 12.4. The van der Waals surface area contributed by atoms with Gasteiger partial charge in [-0.2, -0.15) is 0 Å². The van der Waals surface area contributed by atoms with Crippen LogP contribution in [0.15, 0.2) is 69.6 Å². The van der Waals surface area contributed by atoms with Crippen LogP contribution in [0.1, 0.15) is 5.69 Å². The molecule has 1 aliphatic rings. The number of amides is 1. The summed E-state index contributed by atoms with van der Waals surface area (Å²) in [4.78, 5) is 12.4. The van der Waals surface area contributed by atoms with Gasteiger partial charge in [-0.3, -0.25) is 4.79 Å². The van der Waals surface area contributed by atoms with Crippen LogP contribution in [0.5, 0.6) is 11.5 Å². The Labute approximate surface area is 159 Å². The average molecular weight is 376 g/mol. The van der Waals surface area contributed by atoms with Crippen LogP contribution in [0, 0.1) is 0 Å². The molecule has 0 saturated carbocycles. The SMILES string of the molecule is O=C(NCc1cc(-c2cc3ccccc3o2)on1)C1COc2ccccc2O1. The van der Waals surface area contributed by atoms with Gasteiger partial charge in [-0.05, 0) is 24.3 Å². The third-order valence-corrected chi connectivity index (χ3v) is 4.47. The average Bonchev–Trinajstić information content (AvgIpc) is 3.38. The van der Waals surface area contributed by atoms with Crippen LogP contribution in [0.25, 0.3) is 22.5 Å². The van der Waals surface area contributed by atoms with Crippen molar-refractivity contribution in [2.45, 2.75) is 12.6 Å². The van der Waals surface area contributed by atoms with Gasteiger partial charge in [0.2, 0.25) is 11.9 Å². The number of ether oxygens (including phenoxy) is 2. The molecule has 140 valence electrons. The predicted octanol–water partition coefficient (Wildman–Crippen LogP) is 3.54. The number of furan rings is 1. The van der Waals surface area contributed by atoms with Crippen molar-refractivity contribution in [2.75, 3.05) is 6.61 Å². The lowest BCUT2D eigenvalue weighted by Crippen LogP contribution is -2.43. The van der Waals surface area contributed by atoms with Crippen LogP contribution in [-0.2, 0) is 11.3 Å². The fourth-order valence-corrected chi connectivity index (χ4v) is 3.05. The van der Waals surface area contributed by atoms with Gasteiger partial charge in [0.25, 0.3) is 5.91 Å². The molecule has 1 atom stereocenters. The fourth-order valence-electron chi connectivity index (χ4n) is 3.05. The Morgan fingerprint density at radius 3 is 2.75 bits per heavy atom. The number of hydrogen-bond donors (Lipinski definition) is 1. The van der Waals surface area contributed by atoms with Crippen molar-refractivity contribution in [3.8, 4) is 23.0 Å². The summed E-state index contributed by atoms with van der Waals surface area (Å²) in [6.45, 7) is 0.371. The summed E-state index contributed by atoms with van der Waals surface area (Å²) in [5.74, 6) is 2.02. The first-order valence-electron chi connectivity index (χ1n) is 8.87. The number of nitrogens with one attached hydrogen (secondary N) is 1. The molecule has 1 unspecified atom stereocenters. The first-order valence-corrected chi connectivity index (χ1v) is 8.87. The molecule has 7 heteroatoms. The van der Waals surface area contributed by atoms with E-state index >= 15 is 0 Å². The molecule has 1 aliphatic heterocycles. The minimum absolute atomic E-state index is 0.159. The summed E-state index contributed by atoms with van der Waals surface area (Å²) in [5, 5.41) is 7.77. The van der Waals surface area contributed by atoms with E-state index in [0.717, 1.165) is 11.0 Å². The minimum atomic E-state index is -0.711. The first kappa shape index (κ1) is 16.4. The number of hydrogen-bond acceptors (Lipinski definition) is 6. The highest BCUT2D eigenvalue weighted by molar-refractivity contribution is 5.82. The van der Waals surface area contributed by atoms with Crippen molar-refractivity contribution in [3.63, 3.8) is 0 Å². The third kappa shape index (κ3) is 3.07. The normalized spacial score (nSPS) is 15.5. The number of nitrogens with zero attached hydrogens (tertiary/aromatic N) is 1. The number of aromatic nitrogens is 1. The highest BCUT2D eigenvalue weighted by Crippen LogP contribution is 2.31. The van der Waals surface area contributed by atoms with Crippen molar-refractivity contribution in [3.05, 3.63) is 66.4 Å². The molecule has 0 bridgehead atoms. The van der Waals surface area contributed by atoms with E-state index in [1.807, 2.05) is 42.5 Å². The topological polar surface area (TPSA) is 86.7 Å². The fraction of sp³-hybridized carbons (Fsp3) is 0.143. The Bertz CT molecular complexity index is 1110. The summed E-state index contributed by atoms with van der Waals surface area (Å²) < 4.78 is 22.4. The van der Waals surface area contributed by atoms with Crippen LogP contribution in [0.2, 0.25) is 0 Å². The number of fused-ring (bicyclic) bond motifs is 2. The standard InChI is InChI=1S/C21H16N2O5/c24-21(20-12-25-16-7-3-4-8-17(16)27-20)22-11-14-10-19(28-23-14)18-9-13-5-1-2-6-15(13)26-18/h1-10,20H,11-12H2,(H,22,24). The largest absolute Gasteiger partial charge is 0.485 e. The van der Waals surface area contributed by atoms with Crippen molar-refractivity contribution >= 4 is 16.9 Å². The minimum Gasteiger partial charge on any atom is -0.485 e. The summed E-state index contributed by atoms with van der Waals surface area (Å²) >= 11 is 0. The van der Waals surface area contributed by atoms with Crippen molar-refractivity contribution in [2.24, 2.45) is 0 Å². The van der Waals surface area contributed by atoms with Crippen LogP contribution >= 0.6 is 0 Å². The zero-order chi connectivity index (χ0) is 18.9. The van der Waals surface area contributed by atoms with Crippen LogP contribution in [-0.4, -0.2) is 23.8 Å². The van der Waals surface area contributed by atoms with Crippen LogP contribution < -0.4 is 14.8 Å². The second-order valence-electron chi connectivity index (χ2n) is 6.41. The first-order chi connectivity index (χ1) is 13.8. The molecule has 3 heterocycles. The van der Waals surface area contributed by atoms with Gasteiger partial charge in [-0.15, -0.1) is 0 Å². The Hall–Kier alpha value is -3.74. The number of carbonyl (C=O) groups is 1. The summed E-state index contributed by atoms with van der Waals surface area (Å²) in [6.07, 6.45) is -0.711. The van der Waals surface area contributed by atoms with Gasteiger partial charge in [-0.1, -0.05) is 35.5 Å². The molecule has 4 aromatic rings. The van der Waals surface area contributed by atoms with Gasteiger partial charge in [-0.25, -0.2) is 0 Å². The molecule has 28 heavy (non-hydrogen) atoms. The van der Waals surface area contributed by atoms with Gasteiger partial charge in [0.15, 0.2) is 17.3 Å². The lowest BCUT2D eigenvalue weighted by Gasteiger charge is -2.25. The molecular formula is C21H16N2O5. The van der Waals surface area contributed by atoms with E-state index < -0.39 is 6.10 Å². The van der Waals surface area contributed by atoms with Crippen molar-refractivity contribution in [1.29, 1.82) is 0 Å². The second-order valence-corrected chi connectivity index (χ2v) is 6.41. The van der Waals surface area contributed by atoms with E-state index in [4.69, 9.17) is 18.4 Å². The zero-order valence-corrected chi connectivity index (χ0v) is 14.8. The Morgan fingerprint density at radius 2 is 1.86 bits per heavy atom. The number of benzene rings is 2. The lowest BCUT2D eigenvalue weighted by molar-refractivity contribution is -0.130. The van der Waals surface area contributed by atoms with Crippen LogP contribution in [0.3, 0.4) is 0 Å². The Kier molecular flexibility index (Phi) is 3.97. The molecule has 1 N–H and O–H groups in total. The summed E-state index contributed by atoms with van der Waals surface area (Å²) in [7, 11) is 0. The van der Waals surface area contributed by atoms with E-state index in [-0.39, 0.29) is 19.1 Å². The number of carbonyl (C=O) groups excluding carboxylic acids is 1. The smallest absolute Gasteiger partial charge is 0.265 e. The molecule has 2 aromatic carbocycles. The maximum absolute atomic E-state index is 12.4. The van der Waals surface area contributed by atoms with Crippen molar-refractivity contribution < 1.29 is 23.2 Å². The van der Waals surface area contributed by atoms with Gasteiger partial charge in [0.1, 0.15) is 17.9 Å². The summed E-state index contributed by atoms with van der Waals surface area (Å²) in [5.41, 5.74) is 1.36. The third-order valence-electron chi connectivity index (χ3n) is 4.47. The van der Waals surface area contributed by atoms with Crippen molar-refractivity contribution in [1.82, 2.24) is 10.5 Å². The molecule has 0 fully saturated rings. The van der Waals surface area contributed by atoms with E-state index in [2.05, 4.69) is 10.5 Å². The van der Waals surface area contributed by atoms with Gasteiger partial charge in [0, 0.05) is 11.5 Å². The zero-order valence-electron chi connectivity index (χ0n) is 14.8. The molecular weight excluding hydrogens is 360 g/mol. The molecule has 7 nitrogen and oxygen atoms in total. The van der Waals surface area contributed by atoms with E-state index in [9.17, 15) is 4.79 Å². The molecule has 0 spiro atoms. The number of rotatable bonds is 4. The van der Waals surface area contributed by atoms with Gasteiger partial charge in [0.05, 0.1) is 6.54 Å². The van der Waals surface area contributed by atoms with Crippen LogP contribution in [0.4, 0.5) is 0 Å². The maximum Gasteiger partial charge on any atom is 0.265 e. The highest BCUT2D eigenvalue weighted by Gasteiger charge is 2.27. The molecule has 5 rings (SSSR count). The lowest BCUT2D eigenvalue weighted by atomic mass is 10.2. The van der Waals surface area contributed by atoms with Gasteiger partial charge < -0.3 is 23.7 Å². The Balaban J connectivity index is 1.23. The quantitative estimate of drug-likeness (QED) is 0.586. The van der Waals surface area contributed by atoms with Gasteiger partial charge >= 0.3 is 0 Å².